The third-order valence-electron chi connectivity index (χ3n) is 2.81. The van der Waals surface area contributed by atoms with Gasteiger partial charge in [-0.3, -0.25) is 14.1 Å². The molecule has 1 rings (SSSR count). The van der Waals surface area contributed by atoms with Gasteiger partial charge in [-0.25, -0.2) is 0 Å². The number of carbonyl (C=O) groups excluding carboxylic acids is 1. The number of nitrogens with zero attached hydrogens (tertiary/aromatic N) is 1. The molecule has 0 saturated heterocycles. The number of amides is 1. The highest BCUT2D eigenvalue weighted by molar-refractivity contribution is 7.84. The van der Waals surface area contributed by atoms with Crippen LogP contribution in [-0.4, -0.2) is 38.4 Å². The molecule has 0 aliphatic rings. The number of H-pyrrole nitrogens is 1. The maximum atomic E-state index is 12.0. The van der Waals surface area contributed by atoms with Crippen molar-refractivity contribution in [1.29, 1.82) is 0 Å². The fourth-order valence-corrected chi connectivity index (χ4v) is 2.39. The number of nitrogens with one attached hydrogen (secondary N) is 2. The molecule has 6 nitrogen and oxygen atoms in total. The first-order valence-electron chi connectivity index (χ1n) is 6.39. The Morgan fingerprint density at radius 2 is 2.26 bits per heavy atom. The lowest BCUT2D eigenvalue weighted by atomic mass is 10.2. The maximum absolute atomic E-state index is 12.0. The summed E-state index contributed by atoms with van der Waals surface area (Å²) in [5.41, 5.74) is 7.35. The minimum atomic E-state index is -0.846. The van der Waals surface area contributed by atoms with Crippen LogP contribution < -0.4 is 11.1 Å². The van der Waals surface area contributed by atoms with Gasteiger partial charge in [-0.1, -0.05) is 13.3 Å². The molecule has 108 valence electrons. The predicted molar refractivity (Wildman–Crippen MR) is 77.5 cm³/mol. The van der Waals surface area contributed by atoms with Gasteiger partial charge in [0.25, 0.3) is 5.91 Å². The van der Waals surface area contributed by atoms with Gasteiger partial charge in [0.05, 0.1) is 11.4 Å². The molecule has 19 heavy (non-hydrogen) atoms. The van der Waals surface area contributed by atoms with Crippen molar-refractivity contribution in [2.45, 2.75) is 39.2 Å². The van der Waals surface area contributed by atoms with Crippen molar-refractivity contribution in [3.8, 4) is 0 Å². The van der Waals surface area contributed by atoms with E-state index in [4.69, 9.17) is 5.73 Å². The topological polar surface area (TPSA) is 101 Å². The summed E-state index contributed by atoms with van der Waals surface area (Å²) < 4.78 is 11.0. The third kappa shape index (κ3) is 4.66. The van der Waals surface area contributed by atoms with E-state index in [0.29, 0.717) is 17.9 Å². The van der Waals surface area contributed by atoms with E-state index in [1.54, 1.807) is 6.26 Å². The van der Waals surface area contributed by atoms with Gasteiger partial charge in [-0.2, -0.15) is 5.10 Å². The van der Waals surface area contributed by atoms with Gasteiger partial charge in [0.1, 0.15) is 0 Å². The van der Waals surface area contributed by atoms with Crippen LogP contribution in [0.15, 0.2) is 0 Å². The number of hydrogen-bond acceptors (Lipinski definition) is 4. The molecule has 1 amide bonds. The zero-order valence-electron chi connectivity index (χ0n) is 11.7. The first-order valence-corrected chi connectivity index (χ1v) is 8.12. The number of aryl methyl sites for hydroxylation is 1. The molecular formula is C12H22N4O2S. The molecule has 1 aromatic rings. The maximum Gasteiger partial charge on any atom is 0.274 e. The molecule has 0 fully saturated rings. The van der Waals surface area contributed by atoms with Crippen molar-refractivity contribution < 1.29 is 9.00 Å². The summed E-state index contributed by atoms with van der Waals surface area (Å²) >= 11 is 0. The normalized spacial score (nSPS) is 14.1. The summed E-state index contributed by atoms with van der Waals surface area (Å²) in [4.78, 5) is 12.0. The second-order valence-corrected chi connectivity index (χ2v) is 6.21. The molecule has 2 unspecified atom stereocenters. The van der Waals surface area contributed by atoms with E-state index in [2.05, 4.69) is 15.5 Å². The van der Waals surface area contributed by atoms with E-state index in [1.807, 2.05) is 13.8 Å². The molecule has 2 atom stereocenters. The van der Waals surface area contributed by atoms with Crippen molar-refractivity contribution in [3.05, 3.63) is 11.4 Å². The highest BCUT2D eigenvalue weighted by Gasteiger charge is 2.18. The Balaban J connectivity index is 2.60. The van der Waals surface area contributed by atoms with Gasteiger partial charge in [0.2, 0.25) is 0 Å². The van der Waals surface area contributed by atoms with Crippen molar-refractivity contribution in [3.63, 3.8) is 0 Å². The summed E-state index contributed by atoms with van der Waals surface area (Å²) in [6.07, 6.45) is 4.03. The first-order chi connectivity index (χ1) is 8.95. The van der Waals surface area contributed by atoms with E-state index in [-0.39, 0.29) is 17.6 Å². The van der Waals surface area contributed by atoms with Crippen molar-refractivity contribution in [2.75, 3.05) is 17.7 Å². The zero-order chi connectivity index (χ0) is 14.4. The molecule has 0 spiro atoms. The molecule has 1 heterocycles. The minimum absolute atomic E-state index is 0.0536. The van der Waals surface area contributed by atoms with E-state index in [9.17, 15) is 9.00 Å². The summed E-state index contributed by atoms with van der Waals surface area (Å²) in [7, 11) is -0.846. The van der Waals surface area contributed by atoms with E-state index in [0.717, 1.165) is 18.5 Å². The highest BCUT2D eigenvalue weighted by Crippen LogP contribution is 2.15. The van der Waals surface area contributed by atoms with Crippen molar-refractivity contribution in [2.24, 2.45) is 0 Å². The Hall–Kier alpha value is -1.37. The molecule has 0 aliphatic heterocycles. The summed E-state index contributed by atoms with van der Waals surface area (Å²) in [6, 6.07) is -0.0536. The average molecular weight is 286 g/mol. The second-order valence-electron chi connectivity index (χ2n) is 4.65. The molecule has 0 saturated carbocycles. The Morgan fingerprint density at radius 1 is 1.58 bits per heavy atom. The lowest BCUT2D eigenvalue weighted by Gasteiger charge is -2.12. The fraction of sp³-hybridized carbons (Fsp3) is 0.667. The van der Waals surface area contributed by atoms with E-state index < -0.39 is 10.8 Å². The lowest BCUT2D eigenvalue weighted by molar-refractivity contribution is 0.0935. The Morgan fingerprint density at radius 3 is 2.84 bits per heavy atom. The number of hydrogen-bond donors (Lipinski definition) is 3. The standard InChI is InChI=1S/C12H22N4O2S/c1-4-5-9-10(13)11(16-15-9)12(17)14-8(2)6-7-19(3)18/h8H,4-7,13H2,1-3H3,(H,14,17)(H,15,16). The van der Waals surface area contributed by atoms with Crippen LogP contribution in [-0.2, 0) is 17.2 Å². The van der Waals surface area contributed by atoms with Crippen LogP contribution in [0.25, 0.3) is 0 Å². The van der Waals surface area contributed by atoms with Gasteiger partial charge in [0, 0.05) is 28.9 Å². The van der Waals surface area contributed by atoms with Crippen LogP contribution in [0, 0.1) is 0 Å². The van der Waals surface area contributed by atoms with Crippen LogP contribution in [0.3, 0.4) is 0 Å². The van der Waals surface area contributed by atoms with Crippen LogP contribution in [0.4, 0.5) is 5.69 Å². The molecule has 0 radical (unpaired) electrons. The van der Waals surface area contributed by atoms with Crippen LogP contribution in [0.2, 0.25) is 0 Å². The van der Waals surface area contributed by atoms with Crippen LogP contribution >= 0.6 is 0 Å². The van der Waals surface area contributed by atoms with Gasteiger partial charge >= 0.3 is 0 Å². The van der Waals surface area contributed by atoms with E-state index >= 15 is 0 Å². The van der Waals surface area contributed by atoms with E-state index in [1.165, 1.54) is 0 Å². The van der Waals surface area contributed by atoms with Crippen molar-refractivity contribution >= 4 is 22.4 Å². The molecule has 1 aromatic heterocycles. The van der Waals surface area contributed by atoms with Gasteiger partial charge in [-0.05, 0) is 19.8 Å². The predicted octanol–water partition coefficient (Wildman–Crippen LogP) is 0.831. The van der Waals surface area contributed by atoms with Gasteiger partial charge in [0.15, 0.2) is 5.69 Å². The van der Waals surface area contributed by atoms with Gasteiger partial charge in [-0.15, -0.1) is 0 Å². The third-order valence-corrected chi connectivity index (χ3v) is 3.62. The monoisotopic (exact) mass is 286 g/mol. The lowest BCUT2D eigenvalue weighted by Crippen LogP contribution is -2.34. The Labute approximate surface area is 116 Å². The van der Waals surface area contributed by atoms with Gasteiger partial charge < -0.3 is 11.1 Å². The van der Waals surface area contributed by atoms with Crippen molar-refractivity contribution in [1.82, 2.24) is 15.5 Å². The average Bonchev–Trinajstić information content (AvgIpc) is 2.69. The Bertz CT molecular complexity index is 459. The SMILES string of the molecule is CCCc1[nH]nc(C(=O)NC(C)CCS(C)=O)c1N. The quantitative estimate of drug-likeness (QED) is 0.691. The second kappa shape index (κ2) is 7.28. The molecule has 0 bridgehead atoms. The van der Waals surface area contributed by atoms with Crippen LogP contribution in [0.1, 0.15) is 42.9 Å². The highest BCUT2D eigenvalue weighted by atomic mass is 32.2. The molecular weight excluding hydrogens is 264 g/mol. The Kier molecular flexibility index (Phi) is 6.01. The number of anilines is 1. The number of nitrogen functional groups attached to an aromatic ring is 1. The number of nitrogens with two attached hydrogens (primary N) is 1. The molecule has 0 aromatic carbocycles. The first kappa shape index (κ1) is 15.7. The summed E-state index contributed by atoms with van der Waals surface area (Å²) in [5.74, 6) is 0.281. The fourth-order valence-electron chi connectivity index (χ4n) is 1.71. The minimum Gasteiger partial charge on any atom is -0.395 e. The molecule has 7 heteroatoms. The summed E-state index contributed by atoms with van der Waals surface area (Å²) in [5, 5.41) is 9.57. The molecule has 4 N–H and O–H groups in total. The number of rotatable bonds is 7. The van der Waals surface area contributed by atoms with Crippen LogP contribution in [0.5, 0.6) is 0 Å². The summed E-state index contributed by atoms with van der Waals surface area (Å²) in [6.45, 7) is 3.91. The number of carbonyl (C=O) groups is 1. The molecule has 0 aliphatic carbocycles. The smallest absolute Gasteiger partial charge is 0.274 e. The zero-order valence-corrected chi connectivity index (χ0v) is 12.5. The largest absolute Gasteiger partial charge is 0.395 e. The number of aromatic nitrogens is 2. The number of aromatic amines is 1.